The van der Waals surface area contributed by atoms with Crippen molar-refractivity contribution < 1.29 is 24.4 Å². The van der Waals surface area contributed by atoms with E-state index in [1.165, 1.54) is 10.4 Å². The van der Waals surface area contributed by atoms with Crippen LogP contribution in [0.15, 0.2) is 0 Å². The van der Waals surface area contributed by atoms with Crippen molar-refractivity contribution in [3.05, 3.63) is 0 Å². The molecule has 0 unspecified atom stereocenters. The first kappa shape index (κ1) is 22.0. The van der Waals surface area contributed by atoms with Gasteiger partial charge in [-0.3, -0.25) is 19.6 Å². The summed E-state index contributed by atoms with van der Waals surface area (Å²) >= 11 is 0. The smallest absolute Gasteiger partial charge is 0.318 e. The molecule has 0 spiro atoms. The third-order valence-corrected chi connectivity index (χ3v) is 4.79. The summed E-state index contributed by atoms with van der Waals surface area (Å²) in [6.45, 7) is 6.80. The standard InChI is InChI=1S/C17H30N4O5/c1-4-11(3)16(13(22)5-2)19-17(25)21-9-8-18-10-12(21)14(23)6-7-15(24)20-26/h11-12,16,18,26H,4-10H2,1-3H3,(H,19,25)(H,20,24)/t11-,12-,16-/m0/s1. The predicted molar refractivity (Wildman–Crippen MR) is 94.6 cm³/mol. The number of Topliss-reactive ketones (excluding diaryl/α,β-unsaturated/α-hetero) is 2. The van der Waals surface area contributed by atoms with Crippen LogP contribution in [0.4, 0.5) is 4.79 Å². The van der Waals surface area contributed by atoms with Crippen LogP contribution in [0.5, 0.6) is 0 Å². The molecule has 26 heavy (non-hydrogen) atoms. The summed E-state index contributed by atoms with van der Waals surface area (Å²) in [5.41, 5.74) is 1.48. The van der Waals surface area contributed by atoms with E-state index in [0.29, 0.717) is 26.1 Å². The van der Waals surface area contributed by atoms with E-state index < -0.39 is 24.0 Å². The van der Waals surface area contributed by atoms with Gasteiger partial charge >= 0.3 is 6.03 Å². The molecule has 0 radical (unpaired) electrons. The Morgan fingerprint density at radius 1 is 1.23 bits per heavy atom. The lowest BCUT2D eigenvalue weighted by molar-refractivity contribution is -0.132. The first-order chi connectivity index (χ1) is 12.3. The van der Waals surface area contributed by atoms with E-state index >= 15 is 0 Å². The van der Waals surface area contributed by atoms with E-state index in [2.05, 4.69) is 10.6 Å². The summed E-state index contributed by atoms with van der Waals surface area (Å²) in [6.07, 6.45) is 0.850. The number of hydrogen-bond donors (Lipinski definition) is 4. The normalized spacial score (nSPS) is 19.4. The second kappa shape index (κ2) is 10.9. The molecule has 9 nitrogen and oxygen atoms in total. The molecule has 0 saturated carbocycles. The zero-order valence-electron chi connectivity index (χ0n) is 15.7. The second-order valence-corrected chi connectivity index (χ2v) is 6.55. The molecule has 0 bridgehead atoms. The molecule has 148 valence electrons. The van der Waals surface area contributed by atoms with Crippen LogP contribution < -0.4 is 16.1 Å². The van der Waals surface area contributed by atoms with E-state index in [4.69, 9.17) is 5.21 Å². The number of hydrogen-bond acceptors (Lipinski definition) is 6. The number of nitrogens with zero attached hydrogens (tertiary/aromatic N) is 1. The zero-order chi connectivity index (χ0) is 19.7. The quantitative estimate of drug-likeness (QED) is 0.339. The topological polar surface area (TPSA) is 128 Å². The van der Waals surface area contributed by atoms with Crippen molar-refractivity contribution in [1.29, 1.82) is 0 Å². The monoisotopic (exact) mass is 370 g/mol. The number of carbonyl (C=O) groups is 4. The van der Waals surface area contributed by atoms with Gasteiger partial charge in [0.2, 0.25) is 5.91 Å². The second-order valence-electron chi connectivity index (χ2n) is 6.55. The average molecular weight is 370 g/mol. The Morgan fingerprint density at radius 3 is 2.50 bits per heavy atom. The van der Waals surface area contributed by atoms with Gasteiger partial charge in [-0.05, 0) is 5.92 Å². The van der Waals surface area contributed by atoms with Crippen molar-refractivity contribution in [2.24, 2.45) is 5.92 Å². The Hall–Kier alpha value is -2.00. The molecule has 1 fully saturated rings. The number of urea groups is 1. The molecule has 1 heterocycles. The van der Waals surface area contributed by atoms with E-state index in [-0.39, 0.29) is 30.3 Å². The van der Waals surface area contributed by atoms with Gasteiger partial charge < -0.3 is 15.5 Å². The lowest BCUT2D eigenvalue weighted by Gasteiger charge is -2.36. The largest absolute Gasteiger partial charge is 0.328 e. The predicted octanol–water partition coefficient (Wildman–Crippen LogP) is 0.218. The van der Waals surface area contributed by atoms with Crippen molar-refractivity contribution in [2.45, 2.75) is 58.5 Å². The molecule has 1 rings (SSSR count). The number of rotatable bonds is 9. The summed E-state index contributed by atoms with van der Waals surface area (Å²) in [4.78, 5) is 49.8. The van der Waals surface area contributed by atoms with Crippen LogP contribution in [0.25, 0.3) is 0 Å². The van der Waals surface area contributed by atoms with Gasteiger partial charge in [0.15, 0.2) is 11.6 Å². The first-order valence-corrected chi connectivity index (χ1v) is 9.11. The van der Waals surface area contributed by atoms with Gasteiger partial charge in [-0.2, -0.15) is 0 Å². The minimum atomic E-state index is -0.704. The highest BCUT2D eigenvalue weighted by molar-refractivity contribution is 5.93. The van der Waals surface area contributed by atoms with Gasteiger partial charge in [-0.15, -0.1) is 0 Å². The Labute approximate surface area is 153 Å². The van der Waals surface area contributed by atoms with Crippen LogP contribution in [0.1, 0.15) is 46.5 Å². The molecule has 4 N–H and O–H groups in total. The van der Waals surface area contributed by atoms with Gasteiger partial charge in [0, 0.05) is 38.9 Å². The fourth-order valence-corrected chi connectivity index (χ4v) is 2.91. The van der Waals surface area contributed by atoms with E-state index in [9.17, 15) is 19.2 Å². The summed E-state index contributed by atoms with van der Waals surface area (Å²) in [6, 6.07) is -1.73. The molecule has 0 aromatic heterocycles. The number of hydroxylamine groups is 1. The van der Waals surface area contributed by atoms with Crippen molar-refractivity contribution in [3.63, 3.8) is 0 Å². The van der Waals surface area contributed by atoms with E-state index in [0.717, 1.165) is 6.42 Å². The SMILES string of the molecule is CCC(=O)[C@@H](NC(=O)N1CCNC[C@H]1C(=O)CCC(=O)NO)[C@@H](C)CC. The third-order valence-electron chi connectivity index (χ3n) is 4.79. The third kappa shape index (κ3) is 6.06. The Bertz CT molecular complexity index is 525. The molecule has 1 aliphatic rings. The van der Waals surface area contributed by atoms with Gasteiger partial charge in [0.05, 0.1) is 6.04 Å². The van der Waals surface area contributed by atoms with Crippen molar-refractivity contribution in [3.8, 4) is 0 Å². The molecule has 3 amide bonds. The maximum atomic E-state index is 12.7. The minimum Gasteiger partial charge on any atom is -0.328 e. The Balaban J connectivity index is 2.80. The molecular weight excluding hydrogens is 340 g/mol. The Kier molecular flexibility index (Phi) is 9.22. The van der Waals surface area contributed by atoms with Crippen LogP contribution in [0, 0.1) is 5.92 Å². The van der Waals surface area contributed by atoms with Gasteiger partial charge in [0.1, 0.15) is 6.04 Å². The summed E-state index contributed by atoms with van der Waals surface area (Å²) in [5, 5.41) is 14.4. The van der Waals surface area contributed by atoms with Gasteiger partial charge in [-0.25, -0.2) is 10.3 Å². The highest BCUT2D eigenvalue weighted by Gasteiger charge is 2.34. The minimum absolute atomic E-state index is 0.00304. The fraction of sp³-hybridized carbons (Fsp3) is 0.765. The van der Waals surface area contributed by atoms with Crippen LogP contribution in [-0.2, 0) is 14.4 Å². The van der Waals surface area contributed by atoms with Gasteiger partial charge in [0.25, 0.3) is 0 Å². The highest BCUT2D eigenvalue weighted by atomic mass is 16.5. The fourth-order valence-electron chi connectivity index (χ4n) is 2.91. The average Bonchev–Trinajstić information content (AvgIpc) is 2.68. The molecule has 0 aromatic rings. The number of ketones is 2. The molecule has 9 heteroatoms. The van der Waals surface area contributed by atoms with Crippen LogP contribution in [0.3, 0.4) is 0 Å². The van der Waals surface area contributed by atoms with E-state index in [1.54, 1.807) is 6.92 Å². The van der Waals surface area contributed by atoms with Crippen LogP contribution >= 0.6 is 0 Å². The molecular formula is C17H30N4O5. The lowest BCUT2D eigenvalue weighted by Crippen LogP contribution is -2.61. The highest BCUT2D eigenvalue weighted by Crippen LogP contribution is 2.13. The molecule has 0 aromatic carbocycles. The molecule has 1 aliphatic heterocycles. The zero-order valence-corrected chi connectivity index (χ0v) is 15.7. The molecule has 3 atom stereocenters. The lowest BCUT2D eigenvalue weighted by atomic mass is 9.94. The first-order valence-electron chi connectivity index (χ1n) is 9.11. The van der Waals surface area contributed by atoms with Crippen molar-refractivity contribution in [1.82, 2.24) is 21.0 Å². The molecule has 0 aliphatic carbocycles. The van der Waals surface area contributed by atoms with Crippen LogP contribution in [-0.4, -0.2) is 65.3 Å². The summed E-state index contributed by atoms with van der Waals surface area (Å²) < 4.78 is 0. The number of carbonyl (C=O) groups excluding carboxylic acids is 4. The number of nitrogens with one attached hydrogen (secondary N) is 3. The van der Waals surface area contributed by atoms with Crippen LogP contribution in [0.2, 0.25) is 0 Å². The summed E-state index contributed by atoms with van der Waals surface area (Å²) in [5.74, 6) is -0.955. The number of piperazine rings is 1. The summed E-state index contributed by atoms with van der Waals surface area (Å²) in [7, 11) is 0. The molecule has 1 saturated heterocycles. The van der Waals surface area contributed by atoms with Gasteiger partial charge in [-0.1, -0.05) is 27.2 Å². The number of amides is 3. The van der Waals surface area contributed by atoms with Crippen molar-refractivity contribution in [2.75, 3.05) is 19.6 Å². The van der Waals surface area contributed by atoms with Crippen molar-refractivity contribution >= 4 is 23.5 Å². The maximum Gasteiger partial charge on any atom is 0.318 e. The Morgan fingerprint density at radius 2 is 1.92 bits per heavy atom. The van der Waals surface area contributed by atoms with E-state index in [1.807, 2.05) is 13.8 Å². The maximum absolute atomic E-state index is 12.7.